The van der Waals surface area contributed by atoms with Crippen LogP contribution in [-0.2, 0) is 16.1 Å². The Bertz CT molecular complexity index is 591. The number of carbonyl (C=O) groups is 1. The molecule has 0 aliphatic rings. The highest BCUT2D eigenvalue weighted by Gasteiger charge is 2.05. The van der Waals surface area contributed by atoms with E-state index in [-0.39, 0.29) is 12.1 Å². The molecule has 3 nitrogen and oxygen atoms in total. The van der Waals surface area contributed by atoms with Gasteiger partial charge in [-0.1, -0.05) is 15.9 Å². The summed E-state index contributed by atoms with van der Waals surface area (Å²) < 4.78 is 8.51. The van der Waals surface area contributed by atoms with Crippen LogP contribution < -0.4 is 0 Å². The smallest absolute Gasteiger partial charge is 0.302 e. The first-order valence-electron chi connectivity index (χ1n) is 6.98. The van der Waals surface area contributed by atoms with Gasteiger partial charge in [0.15, 0.2) is 0 Å². The molecule has 2 rings (SSSR count). The van der Waals surface area contributed by atoms with Gasteiger partial charge in [0.05, 0.1) is 6.10 Å². The number of fused-ring (bicyclic) bond motifs is 1. The van der Waals surface area contributed by atoms with Gasteiger partial charge in [-0.05, 0) is 50.5 Å². The number of unbranched alkanes of at least 4 members (excludes halogenated alkanes) is 1. The largest absolute Gasteiger partial charge is 0.463 e. The van der Waals surface area contributed by atoms with Gasteiger partial charge in [0.2, 0.25) is 0 Å². The molecule has 0 unspecified atom stereocenters. The topological polar surface area (TPSA) is 31.2 Å². The van der Waals surface area contributed by atoms with Crippen LogP contribution in [0.25, 0.3) is 10.9 Å². The number of aryl methyl sites for hydroxylation is 1. The van der Waals surface area contributed by atoms with Crippen molar-refractivity contribution in [2.75, 3.05) is 0 Å². The highest BCUT2D eigenvalue weighted by atomic mass is 79.9. The molecule has 1 atom stereocenters. The molecule has 0 bridgehead atoms. The maximum absolute atomic E-state index is 10.8. The molecule has 2 aromatic rings. The van der Waals surface area contributed by atoms with Gasteiger partial charge in [-0.2, -0.15) is 0 Å². The Morgan fingerprint density at radius 3 is 2.90 bits per heavy atom. The van der Waals surface area contributed by atoms with Crippen LogP contribution in [0.2, 0.25) is 0 Å². The van der Waals surface area contributed by atoms with E-state index in [1.165, 1.54) is 17.8 Å². The lowest BCUT2D eigenvalue weighted by Gasteiger charge is -2.11. The third kappa shape index (κ3) is 4.10. The van der Waals surface area contributed by atoms with Gasteiger partial charge in [0.25, 0.3) is 0 Å². The van der Waals surface area contributed by atoms with Gasteiger partial charge < -0.3 is 9.30 Å². The van der Waals surface area contributed by atoms with Gasteiger partial charge in [0, 0.05) is 35.0 Å². The van der Waals surface area contributed by atoms with E-state index in [0.29, 0.717) is 0 Å². The summed E-state index contributed by atoms with van der Waals surface area (Å²) in [5.41, 5.74) is 1.27. The predicted octanol–water partition coefficient (Wildman–Crippen LogP) is 4.53. The molecule has 1 aromatic carbocycles. The Balaban J connectivity index is 1.83. The lowest BCUT2D eigenvalue weighted by atomic mass is 10.1. The number of carbonyl (C=O) groups excluding carboxylic acids is 1. The van der Waals surface area contributed by atoms with E-state index < -0.39 is 0 Å². The summed E-state index contributed by atoms with van der Waals surface area (Å²) in [6.45, 7) is 4.41. The van der Waals surface area contributed by atoms with Crippen molar-refractivity contribution in [3.63, 3.8) is 0 Å². The summed E-state index contributed by atoms with van der Waals surface area (Å²) in [7, 11) is 0. The van der Waals surface area contributed by atoms with E-state index >= 15 is 0 Å². The molecule has 20 heavy (non-hydrogen) atoms. The van der Waals surface area contributed by atoms with Crippen molar-refractivity contribution in [3.05, 3.63) is 34.9 Å². The quantitative estimate of drug-likeness (QED) is 0.573. The minimum absolute atomic E-state index is 0.0184. The van der Waals surface area contributed by atoms with Crippen molar-refractivity contribution in [1.82, 2.24) is 4.57 Å². The fourth-order valence-corrected chi connectivity index (χ4v) is 2.80. The molecule has 0 fully saturated rings. The molecule has 0 amide bonds. The van der Waals surface area contributed by atoms with Crippen molar-refractivity contribution in [3.8, 4) is 0 Å². The lowest BCUT2D eigenvalue weighted by Crippen LogP contribution is -2.12. The summed E-state index contributed by atoms with van der Waals surface area (Å²) in [4.78, 5) is 10.8. The highest BCUT2D eigenvalue weighted by Crippen LogP contribution is 2.21. The van der Waals surface area contributed by atoms with E-state index in [4.69, 9.17) is 4.74 Å². The third-order valence-electron chi connectivity index (χ3n) is 3.36. The molecule has 1 aromatic heterocycles. The number of rotatable bonds is 6. The SMILES string of the molecule is CC(=O)O[C@H](C)CCCCn1ccc2cc(Br)ccc21. The third-order valence-corrected chi connectivity index (χ3v) is 3.85. The van der Waals surface area contributed by atoms with Crippen LogP contribution in [0.15, 0.2) is 34.9 Å². The molecule has 0 N–H and O–H groups in total. The van der Waals surface area contributed by atoms with Crippen LogP contribution in [0.5, 0.6) is 0 Å². The van der Waals surface area contributed by atoms with E-state index in [2.05, 4.69) is 51.0 Å². The van der Waals surface area contributed by atoms with E-state index in [1.807, 2.05) is 6.92 Å². The molecular weight excluding hydrogens is 318 g/mol. The van der Waals surface area contributed by atoms with Crippen molar-refractivity contribution in [2.24, 2.45) is 0 Å². The second-order valence-electron chi connectivity index (χ2n) is 5.13. The summed E-state index contributed by atoms with van der Waals surface area (Å²) in [5.74, 6) is -0.195. The summed E-state index contributed by atoms with van der Waals surface area (Å²) in [6.07, 6.45) is 5.22. The Kier molecular flexibility index (Phi) is 5.24. The number of halogens is 1. The Hall–Kier alpha value is -1.29. The second-order valence-corrected chi connectivity index (χ2v) is 6.04. The number of nitrogens with zero attached hydrogens (tertiary/aromatic N) is 1. The normalized spacial score (nSPS) is 12.6. The molecular formula is C16H20BrNO2. The van der Waals surface area contributed by atoms with Crippen LogP contribution in [0, 0.1) is 0 Å². The molecule has 0 saturated carbocycles. The van der Waals surface area contributed by atoms with Crippen molar-refractivity contribution in [2.45, 2.75) is 45.8 Å². The standard InChI is InChI=1S/C16H20BrNO2/c1-12(20-13(2)19)5-3-4-9-18-10-8-14-11-15(17)6-7-16(14)18/h6-8,10-12H,3-5,9H2,1-2H3/t12-/m1/s1. The fraction of sp³-hybridized carbons (Fsp3) is 0.438. The van der Waals surface area contributed by atoms with Gasteiger partial charge in [-0.25, -0.2) is 0 Å². The number of benzene rings is 1. The van der Waals surface area contributed by atoms with Crippen molar-refractivity contribution >= 4 is 32.8 Å². The molecule has 4 heteroatoms. The zero-order chi connectivity index (χ0) is 14.5. The average molecular weight is 338 g/mol. The van der Waals surface area contributed by atoms with Crippen molar-refractivity contribution in [1.29, 1.82) is 0 Å². The molecule has 0 radical (unpaired) electrons. The van der Waals surface area contributed by atoms with Crippen LogP contribution in [0.1, 0.15) is 33.1 Å². The van der Waals surface area contributed by atoms with E-state index in [0.717, 1.165) is 30.3 Å². The van der Waals surface area contributed by atoms with Gasteiger partial charge >= 0.3 is 5.97 Å². The maximum atomic E-state index is 10.8. The first-order valence-corrected chi connectivity index (χ1v) is 7.77. The molecule has 0 aliphatic carbocycles. The van der Waals surface area contributed by atoms with E-state index in [1.54, 1.807) is 0 Å². The van der Waals surface area contributed by atoms with Crippen LogP contribution in [0.4, 0.5) is 0 Å². The van der Waals surface area contributed by atoms with E-state index in [9.17, 15) is 4.79 Å². The average Bonchev–Trinajstić information content (AvgIpc) is 2.76. The molecule has 0 aliphatic heterocycles. The van der Waals surface area contributed by atoms with Crippen LogP contribution >= 0.6 is 15.9 Å². The second kappa shape index (κ2) is 6.93. The first kappa shape index (κ1) is 15.1. The minimum Gasteiger partial charge on any atom is -0.463 e. The number of aromatic nitrogens is 1. The molecule has 1 heterocycles. The number of hydrogen-bond acceptors (Lipinski definition) is 2. The predicted molar refractivity (Wildman–Crippen MR) is 84.7 cm³/mol. The molecule has 0 spiro atoms. The van der Waals surface area contributed by atoms with Gasteiger partial charge in [-0.15, -0.1) is 0 Å². The number of esters is 1. The first-order chi connectivity index (χ1) is 9.56. The van der Waals surface area contributed by atoms with Gasteiger partial charge in [0.1, 0.15) is 0 Å². The van der Waals surface area contributed by atoms with Crippen LogP contribution in [0.3, 0.4) is 0 Å². The minimum atomic E-state index is -0.195. The number of hydrogen-bond donors (Lipinski definition) is 0. The van der Waals surface area contributed by atoms with Gasteiger partial charge in [-0.3, -0.25) is 4.79 Å². The maximum Gasteiger partial charge on any atom is 0.302 e. The summed E-state index contributed by atoms with van der Waals surface area (Å²) in [6, 6.07) is 8.48. The number of ether oxygens (including phenoxy) is 1. The zero-order valence-corrected chi connectivity index (χ0v) is 13.5. The lowest BCUT2D eigenvalue weighted by molar-refractivity contribution is -0.145. The van der Waals surface area contributed by atoms with Crippen molar-refractivity contribution < 1.29 is 9.53 Å². The highest BCUT2D eigenvalue weighted by molar-refractivity contribution is 9.10. The summed E-state index contributed by atoms with van der Waals surface area (Å²) >= 11 is 3.49. The Labute approximate surface area is 128 Å². The Morgan fingerprint density at radius 1 is 1.35 bits per heavy atom. The summed E-state index contributed by atoms with van der Waals surface area (Å²) in [5, 5.41) is 1.26. The zero-order valence-electron chi connectivity index (χ0n) is 11.9. The van der Waals surface area contributed by atoms with Crippen LogP contribution in [-0.4, -0.2) is 16.6 Å². The fourth-order valence-electron chi connectivity index (χ4n) is 2.42. The monoisotopic (exact) mass is 337 g/mol. The molecule has 0 saturated heterocycles. The molecule has 108 valence electrons. The Morgan fingerprint density at radius 2 is 2.15 bits per heavy atom.